The summed E-state index contributed by atoms with van der Waals surface area (Å²) in [5.41, 5.74) is 12.7. The van der Waals surface area contributed by atoms with Gasteiger partial charge >= 0.3 is 0 Å². The molecule has 0 saturated carbocycles. The predicted octanol–water partition coefficient (Wildman–Crippen LogP) is 1.46. The van der Waals surface area contributed by atoms with Crippen molar-refractivity contribution in [1.82, 2.24) is 4.98 Å². The van der Waals surface area contributed by atoms with Crippen LogP contribution in [-0.2, 0) is 0 Å². The van der Waals surface area contributed by atoms with Crippen LogP contribution >= 0.6 is 11.3 Å². The molecule has 0 atom stereocenters. The first kappa shape index (κ1) is 6.42. The molecule has 3 nitrogen and oxygen atoms in total. The van der Waals surface area contributed by atoms with Gasteiger partial charge in [0.15, 0.2) is 5.13 Å². The molecule has 4 heteroatoms. The molecule has 0 spiro atoms. The monoisotopic (exact) mass is 165 g/mol. The molecular formula is C7H7N3S. The standard InChI is InChI=1S/C7H7N3S/c8-4-2-1-3-5-6(4)10-7(9)11-5/h1-3H,8H2,(H2,9,10). The second-order valence-corrected chi connectivity index (χ2v) is 3.31. The third-order valence-corrected chi connectivity index (χ3v) is 2.32. The van der Waals surface area contributed by atoms with Crippen LogP contribution in [0.1, 0.15) is 0 Å². The molecule has 0 fully saturated rings. The Balaban J connectivity index is 2.90. The molecule has 0 bridgehead atoms. The lowest BCUT2D eigenvalue weighted by Gasteiger charge is -1.90. The third-order valence-electron chi connectivity index (χ3n) is 1.47. The Morgan fingerprint density at radius 2 is 2.09 bits per heavy atom. The molecule has 1 aromatic heterocycles. The third kappa shape index (κ3) is 0.914. The van der Waals surface area contributed by atoms with Gasteiger partial charge in [-0.2, -0.15) is 0 Å². The van der Waals surface area contributed by atoms with E-state index in [2.05, 4.69) is 4.98 Å². The Morgan fingerprint density at radius 3 is 2.82 bits per heavy atom. The summed E-state index contributed by atoms with van der Waals surface area (Å²) >= 11 is 1.45. The molecule has 2 aromatic rings. The maximum absolute atomic E-state index is 5.66. The number of para-hydroxylation sites is 1. The number of benzene rings is 1. The second-order valence-electron chi connectivity index (χ2n) is 2.25. The topological polar surface area (TPSA) is 64.9 Å². The van der Waals surface area contributed by atoms with Crippen molar-refractivity contribution in [3.8, 4) is 0 Å². The fourth-order valence-electron chi connectivity index (χ4n) is 0.987. The molecule has 0 aliphatic carbocycles. The van der Waals surface area contributed by atoms with Gasteiger partial charge in [0.25, 0.3) is 0 Å². The first-order chi connectivity index (χ1) is 5.27. The quantitative estimate of drug-likeness (QED) is 0.581. The molecule has 0 radical (unpaired) electrons. The fourth-order valence-corrected chi connectivity index (χ4v) is 1.76. The molecule has 0 aliphatic heterocycles. The minimum Gasteiger partial charge on any atom is -0.397 e. The zero-order valence-electron chi connectivity index (χ0n) is 5.74. The summed E-state index contributed by atoms with van der Waals surface area (Å²) in [6.07, 6.45) is 0. The summed E-state index contributed by atoms with van der Waals surface area (Å²) in [6, 6.07) is 5.68. The van der Waals surface area contributed by atoms with Crippen LogP contribution in [0.5, 0.6) is 0 Å². The van der Waals surface area contributed by atoms with Crippen LogP contribution in [0.3, 0.4) is 0 Å². The highest BCUT2D eigenvalue weighted by Crippen LogP contribution is 2.27. The van der Waals surface area contributed by atoms with Gasteiger partial charge in [0.05, 0.1) is 10.4 Å². The minimum atomic E-state index is 0.568. The number of nitrogen functional groups attached to an aromatic ring is 2. The predicted molar refractivity (Wildman–Crippen MR) is 48.4 cm³/mol. The number of aromatic nitrogens is 1. The normalized spacial score (nSPS) is 10.5. The SMILES string of the molecule is Nc1nc2c(N)cccc2s1. The highest BCUT2D eigenvalue weighted by Gasteiger charge is 2.01. The van der Waals surface area contributed by atoms with E-state index in [0.717, 1.165) is 10.2 Å². The number of thiazole rings is 1. The Kier molecular flexibility index (Phi) is 1.22. The van der Waals surface area contributed by atoms with Crippen molar-refractivity contribution in [3.63, 3.8) is 0 Å². The lowest BCUT2D eigenvalue weighted by atomic mass is 10.3. The maximum Gasteiger partial charge on any atom is 0.181 e. The van der Waals surface area contributed by atoms with E-state index in [9.17, 15) is 0 Å². The van der Waals surface area contributed by atoms with Gasteiger partial charge < -0.3 is 11.5 Å². The minimum absolute atomic E-state index is 0.568. The molecule has 1 heterocycles. The summed E-state index contributed by atoms with van der Waals surface area (Å²) in [5.74, 6) is 0. The van der Waals surface area contributed by atoms with Crippen LogP contribution < -0.4 is 11.5 Å². The number of rotatable bonds is 0. The van der Waals surface area contributed by atoms with E-state index in [1.54, 1.807) is 0 Å². The molecule has 2 rings (SSSR count). The van der Waals surface area contributed by atoms with E-state index in [4.69, 9.17) is 11.5 Å². The average molecular weight is 165 g/mol. The van der Waals surface area contributed by atoms with Gasteiger partial charge in [-0.15, -0.1) is 0 Å². The van der Waals surface area contributed by atoms with Gasteiger partial charge in [-0.3, -0.25) is 0 Å². The van der Waals surface area contributed by atoms with Crippen LogP contribution in [0.2, 0.25) is 0 Å². The van der Waals surface area contributed by atoms with Crippen molar-refractivity contribution in [3.05, 3.63) is 18.2 Å². The zero-order chi connectivity index (χ0) is 7.84. The molecular weight excluding hydrogens is 158 g/mol. The van der Waals surface area contributed by atoms with E-state index in [1.165, 1.54) is 11.3 Å². The smallest absolute Gasteiger partial charge is 0.181 e. The number of fused-ring (bicyclic) bond motifs is 1. The van der Waals surface area contributed by atoms with Crippen LogP contribution in [0.15, 0.2) is 18.2 Å². The second kappa shape index (κ2) is 2.10. The highest BCUT2D eigenvalue weighted by atomic mass is 32.1. The number of hydrogen-bond donors (Lipinski definition) is 2. The summed E-state index contributed by atoms with van der Waals surface area (Å²) in [6.45, 7) is 0. The molecule has 0 aliphatic rings. The maximum atomic E-state index is 5.66. The summed E-state index contributed by atoms with van der Waals surface area (Å²) in [5, 5.41) is 0.568. The van der Waals surface area contributed by atoms with E-state index in [0.29, 0.717) is 10.8 Å². The van der Waals surface area contributed by atoms with Crippen LogP contribution in [-0.4, -0.2) is 4.98 Å². The molecule has 0 amide bonds. The lowest BCUT2D eigenvalue weighted by molar-refractivity contribution is 1.50. The first-order valence-corrected chi connectivity index (χ1v) is 3.99. The Morgan fingerprint density at radius 1 is 1.27 bits per heavy atom. The number of nitrogens with two attached hydrogens (primary N) is 2. The van der Waals surface area contributed by atoms with Gasteiger partial charge in [-0.1, -0.05) is 17.4 Å². The number of hydrogen-bond acceptors (Lipinski definition) is 4. The van der Waals surface area contributed by atoms with Crippen molar-refractivity contribution in [2.24, 2.45) is 0 Å². The Labute approximate surface area is 67.7 Å². The van der Waals surface area contributed by atoms with Gasteiger partial charge in [-0.05, 0) is 12.1 Å². The van der Waals surface area contributed by atoms with Crippen molar-refractivity contribution < 1.29 is 0 Å². The van der Waals surface area contributed by atoms with E-state index < -0.39 is 0 Å². The van der Waals surface area contributed by atoms with Crippen molar-refractivity contribution in [2.45, 2.75) is 0 Å². The summed E-state index contributed by atoms with van der Waals surface area (Å²) < 4.78 is 1.04. The van der Waals surface area contributed by atoms with E-state index in [1.807, 2.05) is 18.2 Å². The lowest BCUT2D eigenvalue weighted by Crippen LogP contribution is -1.86. The number of nitrogens with zero attached hydrogens (tertiary/aromatic N) is 1. The Bertz CT molecular complexity index is 393. The molecule has 0 unspecified atom stereocenters. The molecule has 1 aromatic carbocycles. The molecule has 56 valence electrons. The van der Waals surface area contributed by atoms with Crippen molar-refractivity contribution in [2.75, 3.05) is 11.5 Å². The van der Waals surface area contributed by atoms with Crippen LogP contribution in [0, 0.1) is 0 Å². The zero-order valence-corrected chi connectivity index (χ0v) is 6.56. The van der Waals surface area contributed by atoms with E-state index in [-0.39, 0.29) is 0 Å². The number of anilines is 2. The van der Waals surface area contributed by atoms with E-state index >= 15 is 0 Å². The van der Waals surface area contributed by atoms with Gasteiger partial charge in [-0.25, -0.2) is 4.98 Å². The van der Waals surface area contributed by atoms with Crippen molar-refractivity contribution >= 4 is 32.4 Å². The fraction of sp³-hybridized carbons (Fsp3) is 0. The molecule has 0 saturated heterocycles. The Hall–Kier alpha value is -1.29. The first-order valence-electron chi connectivity index (χ1n) is 3.18. The largest absolute Gasteiger partial charge is 0.397 e. The summed E-state index contributed by atoms with van der Waals surface area (Å²) in [7, 11) is 0. The summed E-state index contributed by atoms with van der Waals surface area (Å²) in [4.78, 5) is 4.08. The van der Waals surface area contributed by atoms with Gasteiger partial charge in [0.2, 0.25) is 0 Å². The molecule has 4 N–H and O–H groups in total. The van der Waals surface area contributed by atoms with Crippen LogP contribution in [0.4, 0.5) is 10.8 Å². The van der Waals surface area contributed by atoms with Gasteiger partial charge in [0, 0.05) is 0 Å². The van der Waals surface area contributed by atoms with Crippen molar-refractivity contribution in [1.29, 1.82) is 0 Å². The average Bonchev–Trinajstić information content (AvgIpc) is 2.31. The molecule has 11 heavy (non-hydrogen) atoms. The highest BCUT2D eigenvalue weighted by molar-refractivity contribution is 7.22. The van der Waals surface area contributed by atoms with Gasteiger partial charge in [0.1, 0.15) is 5.52 Å². The van der Waals surface area contributed by atoms with Crippen LogP contribution in [0.25, 0.3) is 10.2 Å².